The lowest BCUT2D eigenvalue weighted by molar-refractivity contribution is -0.145. The van der Waals surface area contributed by atoms with E-state index < -0.39 is 11.9 Å². The summed E-state index contributed by atoms with van der Waals surface area (Å²) in [7, 11) is 3.03. The number of rotatable bonds is 8. The van der Waals surface area contributed by atoms with Crippen LogP contribution < -0.4 is 10.6 Å². The number of hydrogen-bond acceptors (Lipinski definition) is 5. The van der Waals surface area contributed by atoms with Crippen molar-refractivity contribution >= 4 is 17.9 Å². The second kappa shape index (κ2) is 10.2. The maximum atomic E-state index is 11.6. The van der Waals surface area contributed by atoms with Crippen molar-refractivity contribution in [2.24, 2.45) is 5.92 Å². The molecule has 0 aromatic heterocycles. The Kier molecular flexibility index (Phi) is 9.36. The highest BCUT2D eigenvalue weighted by atomic mass is 16.5. The Morgan fingerprint density at radius 3 is 2.50 bits per heavy atom. The number of unbranched alkanes of at least 4 members (excludes halogenated alkanes) is 1. The Morgan fingerprint density at radius 1 is 1.30 bits per heavy atom. The molecule has 7 nitrogen and oxygen atoms in total. The van der Waals surface area contributed by atoms with Gasteiger partial charge in [0.1, 0.15) is 0 Å². The van der Waals surface area contributed by atoms with Gasteiger partial charge >= 0.3 is 12.0 Å². The van der Waals surface area contributed by atoms with Crippen molar-refractivity contribution in [3.05, 3.63) is 0 Å². The third-order valence-electron chi connectivity index (χ3n) is 2.67. The second-order valence-corrected chi connectivity index (χ2v) is 4.78. The predicted molar refractivity (Wildman–Crippen MR) is 75.1 cm³/mol. The van der Waals surface area contributed by atoms with Gasteiger partial charge in [-0.25, -0.2) is 4.79 Å². The minimum atomic E-state index is -0.488. The summed E-state index contributed by atoms with van der Waals surface area (Å²) in [6, 6.07) is -0.488. The summed E-state index contributed by atoms with van der Waals surface area (Å²) >= 11 is 0. The number of likely N-dealkylation sites (N-methyl/N-ethyl adjacent to an activating group) is 1. The lowest BCUT2D eigenvalue weighted by atomic mass is 10.2. The van der Waals surface area contributed by atoms with Gasteiger partial charge in [-0.15, -0.1) is 0 Å². The molecule has 0 aliphatic rings. The van der Waals surface area contributed by atoms with Crippen LogP contribution in [0.1, 0.15) is 26.7 Å². The molecule has 1 unspecified atom stereocenters. The molecule has 0 spiro atoms. The van der Waals surface area contributed by atoms with E-state index in [1.165, 1.54) is 7.11 Å². The predicted octanol–water partition coefficient (Wildman–Crippen LogP) is 0.353. The van der Waals surface area contributed by atoms with Gasteiger partial charge in [0, 0.05) is 13.1 Å². The average molecular weight is 287 g/mol. The lowest BCUT2D eigenvalue weighted by Gasteiger charge is -2.19. The topological polar surface area (TPSA) is 87.7 Å². The number of nitrogens with zero attached hydrogens (tertiary/aromatic N) is 1. The molecule has 0 bridgehead atoms. The molecule has 7 heteroatoms. The zero-order valence-corrected chi connectivity index (χ0v) is 12.7. The Labute approximate surface area is 120 Å². The molecule has 0 saturated carbocycles. The van der Waals surface area contributed by atoms with Crippen LogP contribution in [0.4, 0.5) is 4.79 Å². The van der Waals surface area contributed by atoms with Gasteiger partial charge in [0.05, 0.1) is 19.6 Å². The lowest BCUT2D eigenvalue weighted by Crippen LogP contribution is -2.45. The number of hydrogen-bond donors (Lipinski definition) is 2. The van der Waals surface area contributed by atoms with E-state index in [9.17, 15) is 14.4 Å². The number of carbonyl (C=O) groups excluding carboxylic acids is 3. The van der Waals surface area contributed by atoms with Gasteiger partial charge in [0.2, 0.25) is 5.91 Å². The van der Waals surface area contributed by atoms with E-state index in [0.717, 1.165) is 12.8 Å². The molecule has 0 heterocycles. The van der Waals surface area contributed by atoms with E-state index in [-0.39, 0.29) is 18.4 Å². The van der Waals surface area contributed by atoms with Crippen LogP contribution in [-0.2, 0) is 14.3 Å². The molecule has 0 radical (unpaired) electrons. The number of ether oxygens (including phenoxy) is 1. The Hall–Kier alpha value is -1.63. The van der Waals surface area contributed by atoms with Crippen LogP contribution in [0.2, 0.25) is 0 Å². The molecule has 20 heavy (non-hydrogen) atoms. The van der Waals surface area contributed by atoms with Crippen molar-refractivity contribution in [1.82, 2.24) is 15.5 Å². The van der Waals surface area contributed by atoms with Crippen LogP contribution in [0.3, 0.4) is 0 Å². The Bertz CT molecular complexity index is 334. The molecule has 1 atom stereocenters. The minimum absolute atomic E-state index is 0.0442. The van der Waals surface area contributed by atoms with Crippen molar-refractivity contribution in [1.29, 1.82) is 0 Å². The van der Waals surface area contributed by atoms with Crippen LogP contribution in [-0.4, -0.2) is 56.6 Å². The normalized spacial score (nSPS) is 11.8. The third-order valence-corrected chi connectivity index (χ3v) is 2.67. The summed E-state index contributed by atoms with van der Waals surface area (Å²) in [6.45, 7) is 4.71. The molecule has 2 N–H and O–H groups in total. The molecule has 0 aliphatic heterocycles. The fourth-order valence-corrected chi connectivity index (χ4v) is 1.64. The summed E-state index contributed by atoms with van der Waals surface area (Å²) in [6.07, 6.45) is 1.85. The highest BCUT2D eigenvalue weighted by molar-refractivity contribution is 5.95. The molecular formula is C13H25N3O4. The van der Waals surface area contributed by atoms with Crippen LogP contribution in [0.15, 0.2) is 0 Å². The quantitative estimate of drug-likeness (QED) is 0.497. The number of imide groups is 1. The number of nitrogens with one attached hydrogen (secondary N) is 2. The van der Waals surface area contributed by atoms with Crippen LogP contribution >= 0.6 is 0 Å². The summed E-state index contributed by atoms with van der Waals surface area (Å²) in [4.78, 5) is 35.8. The molecular weight excluding hydrogens is 262 g/mol. The summed E-state index contributed by atoms with van der Waals surface area (Å²) in [5.74, 6) is -1.05. The molecule has 0 saturated heterocycles. The van der Waals surface area contributed by atoms with Gasteiger partial charge in [-0.1, -0.05) is 20.3 Å². The third kappa shape index (κ3) is 8.47. The molecule has 0 aromatic carbocycles. The van der Waals surface area contributed by atoms with Crippen molar-refractivity contribution in [2.45, 2.75) is 26.7 Å². The van der Waals surface area contributed by atoms with E-state index in [1.54, 1.807) is 18.9 Å². The first-order valence-electron chi connectivity index (χ1n) is 6.74. The van der Waals surface area contributed by atoms with Gasteiger partial charge in [-0.3, -0.25) is 19.8 Å². The molecule has 3 amide bonds. The smallest absolute Gasteiger partial charge is 0.321 e. The van der Waals surface area contributed by atoms with Crippen molar-refractivity contribution in [3.8, 4) is 0 Å². The maximum Gasteiger partial charge on any atom is 0.321 e. The minimum Gasteiger partial charge on any atom is -0.469 e. The first-order chi connectivity index (χ1) is 9.40. The molecule has 0 rings (SSSR count). The van der Waals surface area contributed by atoms with E-state index in [2.05, 4.69) is 15.4 Å². The SMILES string of the molecule is CCCCNC(=O)NC(=O)CN(C)CC(C)C(=O)OC. The fraction of sp³-hybridized carbons (Fsp3) is 0.769. The summed E-state index contributed by atoms with van der Waals surface area (Å²) in [5, 5.41) is 4.83. The first-order valence-corrected chi connectivity index (χ1v) is 6.74. The van der Waals surface area contributed by atoms with Gasteiger partial charge in [0.15, 0.2) is 0 Å². The zero-order chi connectivity index (χ0) is 15.5. The summed E-state index contributed by atoms with van der Waals surface area (Å²) < 4.78 is 4.61. The van der Waals surface area contributed by atoms with Crippen LogP contribution in [0, 0.1) is 5.92 Å². The van der Waals surface area contributed by atoms with Crippen molar-refractivity contribution in [2.75, 3.05) is 33.8 Å². The van der Waals surface area contributed by atoms with E-state index >= 15 is 0 Å². The number of carbonyl (C=O) groups is 3. The standard InChI is InChI=1S/C13H25N3O4/c1-5-6-7-14-13(19)15-11(17)9-16(3)8-10(2)12(18)20-4/h10H,5-9H2,1-4H3,(H2,14,15,17,19). The summed E-state index contributed by atoms with van der Waals surface area (Å²) in [5.41, 5.74) is 0. The average Bonchev–Trinajstić information content (AvgIpc) is 2.37. The zero-order valence-electron chi connectivity index (χ0n) is 12.7. The van der Waals surface area contributed by atoms with Crippen LogP contribution in [0.25, 0.3) is 0 Å². The van der Waals surface area contributed by atoms with Crippen molar-refractivity contribution < 1.29 is 19.1 Å². The Balaban J connectivity index is 3.95. The maximum absolute atomic E-state index is 11.6. The van der Waals surface area contributed by atoms with Gasteiger partial charge in [-0.05, 0) is 13.5 Å². The monoisotopic (exact) mass is 287 g/mol. The van der Waals surface area contributed by atoms with Gasteiger partial charge in [0.25, 0.3) is 0 Å². The molecule has 116 valence electrons. The van der Waals surface area contributed by atoms with Crippen LogP contribution in [0.5, 0.6) is 0 Å². The highest BCUT2D eigenvalue weighted by Crippen LogP contribution is 2.00. The molecule has 0 aliphatic carbocycles. The van der Waals surface area contributed by atoms with Crippen molar-refractivity contribution in [3.63, 3.8) is 0 Å². The molecule has 0 fully saturated rings. The number of amides is 3. The second-order valence-electron chi connectivity index (χ2n) is 4.78. The molecule has 0 aromatic rings. The number of methoxy groups -OCH3 is 1. The largest absolute Gasteiger partial charge is 0.469 e. The van der Waals surface area contributed by atoms with Gasteiger partial charge in [-0.2, -0.15) is 0 Å². The fourth-order valence-electron chi connectivity index (χ4n) is 1.64. The highest BCUT2D eigenvalue weighted by Gasteiger charge is 2.17. The van der Waals surface area contributed by atoms with E-state index in [0.29, 0.717) is 13.1 Å². The number of urea groups is 1. The number of esters is 1. The Morgan fingerprint density at radius 2 is 1.95 bits per heavy atom. The van der Waals surface area contributed by atoms with Gasteiger partial charge < -0.3 is 10.1 Å². The first kappa shape index (κ1) is 18.4. The van der Waals surface area contributed by atoms with E-state index in [1.807, 2.05) is 6.92 Å². The van der Waals surface area contributed by atoms with E-state index in [4.69, 9.17) is 0 Å².